The lowest BCUT2D eigenvalue weighted by molar-refractivity contribution is 0.0811. The van der Waals surface area contributed by atoms with Crippen LogP contribution in [-0.2, 0) is 18.4 Å². The highest BCUT2D eigenvalue weighted by Crippen LogP contribution is 2.55. The number of para-hydroxylation sites is 2. The highest BCUT2D eigenvalue weighted by atomic mass is 35.5. The molecule has 7 heteroatoms. The van der Waals surface area contributed by atoms with Gasteiger partial charge in [0.05, 0.1) is 34.4 Å². The molecule has 3 atom stereocenters. The van der Waals surface area contributed by atoms with Crippen molar-refractivity contribution in [3.05, 3.63) is 93.5 Å². The zero-order chi connectivity index (χ0) is 25.6. The van der Waals surface area contributed by atoms with Crippen LogP contribution in [-0.4, -0.2) is 42.4 Å². The summed E-state index contributed by atoms with van der Waals surface area (Å²) in [5, 5.41) is 15.0. The van der Waals surface area contributed by atoms with Crippen LogP contribution in [0.5, 0.6) is 11.5 Å². The number of rotatable bonds is 6. The van der Waals surface area contributed by atoms with E-state index >= 15 is 0 Å². The number of nitrogens with one attached hydrogen (secondary N) is 1. The van der Waals surface area contributed by atoms with Crippen LogP contribution in [0.2, 0.25) is 10.0 Å². The number of aliphatic hydroxyl groups is 1. The minimum Gasteiger partial charge on any atom is -0.493 e. The lowest BCUT2D eigenvalue weighted by Gasteiger charge is -2.36. The molecule has 0 bridgehead atoms. The molecule has 0 fully saturated rings. The predicted octanol–water partition coefficient (Wildman–Crippen LogP) is 6.51. The first-order valence-corrected chi connectivity index (χ1v) is 13.5. The van der Waals surface area contributed by atoms with E-state index < -0.39 is 6.10 Å². The highest BCUT2D eigenvalue weighted by molar-refractivity contribution is 6.39. The molecule has 1 spiro atoms. The van der Waals surface area contributed by atoms with Gasteiger partial charge in [-0.2, -0.15) is 0 Å². The third-order valence-corrected chi connectivity index (χ3v) is 8.60. The van der Waals surface area contributed by atoms with Gasteiger partial charge in [-0.1, -0.05) is 65.7 Å². The Labute approximate surface area is 227 Å². The molecule has 3 aromatic rings. The summed E-state index contributed by atoms with van der Waals surface area (Å²) < 4.78 is 12.1. The van der Waals surface area contributed by atoms with Gasteiger partial charge in [-0.15, -0.1) is 0 Å². The fourth-order valence-electron chi connectivity index (χ4n) is 6.08. The first-order chi connectivity index (χ1) is 18.0. The topological polar surface area (TPSA) is 54.0 Å². The van der Waals surface area contributed by atoms with E-state index in [2.05, 4.69) is 40.6 Å². The summed E-state index contributed by atoms with van der Waals surface area (Å²) in [5.41, 5.74) is 5.22. The number of halogens is 2. The number of methoxy groups -OCH3 is 1. The number of nitrogens with zero attached hydrogens (tertiary/aromatic N) is 1. The zero-order valence-corrected chi connectivity index (χ0v) is 22.2. The van der Waals surface area contributed by atoms with E-state index in [1.807, 2.05) is 36.4 Å². The fourth-order valence-corrected chi connectivity index (χ4v) is 6.57. The molecular formula is C30H30Cl2N2O3. The quantitative estimate of drug-likeness (QED) is 0.351. The molecule has 1 aliphatic carbocycles. The Morgan fingerprint density at radius 1 is 1.11 bits per heavy atom. The summed E-state index contributed by atoms with van der Waals surface area (Å²) in [7, 11) is 1.69. The van der Waals surface area contributed by atoms with Crippen LogP contribution in [0.3, 0.4) is 0 Å². The molecule has 3 aromatic carbocycles. The van der Waals surface area contributed by atoms with Gasteiger partial charge in [0.1, 0.15) is 6.10 Å². The number of ether oxygens (including phenoxy) is 2. The zero-order valence-electron chi connectivity index (χ0n) is 20.7. The van der Waals surface area contributed by atoms with E-state index in [9.17, 15) is 5.11 Å². The Kier molecular flexibility index (Phi) is 6.58. The van der Waals surface area contributed by atoms with Gasteiger partial charge in [0.25, 0.3) is 0 Å². The maximum Gasteiger partial charge on any atom is 0.166 e. The maximum absolute atomic E-state index is 10.3. The van der Waals surface area contributed by atoms with Crippen molar-refractivity contribution in [2.75, 3.05) is 25.5 Å². The van der Waals surface area contributed by atoms with Gasteiger partial charge in [0.2, 0.25) is 0 Å². The first kappa shape index (κ1) is 24.6. The average molecular weight is 537 g/mol. The van der Waals surface area contributed by atoms with Gasteiger partial charge in [-0.3, -0.25) is 4.90 Å². The minimum absolute atomic E-state index is 0.0807. The lowest BCUT2D eigenvalue weighted by atomic mass is 9.69. The van der Waals surface area contributed by atoms with Crippen LogP contribution < -0.4 is 14.8 Å². The van der Waals surface area contributed by atoms with Crippen molar-refractivity contribution >= 4 is 34.6 Å². The summed E-state index contributed by atoms with van der Waals surface area (Å²) in [4.78, 5) is 2.52. The molecule has 0 unspecified atom stereocenters. The van der Waals surface area contributed by atoms with E-state index in [0.717, 1.165) is 55.3 Å². The number of benzene rings is 3. The van der Waals surface area contributed by atoms with E-state index in [1.54, 1.807) is 7.11 Å². The molecule has 192 valence electrons. The first-order valence-electron chi connectivity index (χ1n) is 12.7. The average Bonchev–Trinajstić information content (AvgIpc) is 3.14. The Bertz CT molecular complexity index is 1340. The van der Waals surface area contributed by atoms with E-state index in [4.69, 9.17) is 32.7 Å². The van der Waals surface area contributed by atoms with Gasteiger partial charge in [-0.25, -0.2) is 0 Å². The summed E-state index contributed by atoms with van der Waals surface area (Å²) in [6.45, 7) is 2.68. The summed E-state index contributed by atoms with van der Waals surface area (Å²) in [6.07, 6.45) is 5.98. The van der Waals surface area contributed by atoms with Gasteiger partial charge < -0.3 is 19.9 Å². The van der Waals surface area contributed by atoms with Gasteiger partial charge in [0, 0.05) is 30.8 Å². The second-order valence-corrected chi connectivity index (χ2v) is 10.9. The smallest absolute Gasteiger partial charge is 0.166 e. The maximum atomic E-state index is 10.3. The molecule has 37 heavy (non-hydrogen) atoms. The number of hydrogen-bond donors (Lipinski definition) is 2. The molecule has 0 saturated heterocycles. The van der Waals surface area contributed by atoms with Crippen molar-refractivity contribution in [3.63, 3.8) is 0 Å². The Morgan fingerprint density at radius 2 is 1.92 bits per heavy atom. The molecule has 2 heterocycles. The monoisotopic (exact) mass is 536 g/mol. The van der Waals surface area contributed by atoms with Crippen LogP contribution in [0, 0.1) is 0 Å². The van der Waals surface area contributed by atoms with Crippen molar-refractivity contribution in [1.82, 2.24) is 4.90 Å². The van der Waals surface area contributed by atoms with Crippen LogP contribution in [0.4, 0.5) is 11.4 Å². The molecule has 2 aliphatic heterocycles. The van der Waals surface area contributed by atoms with Crippen LogP contribution in [0.25, 0.3) is 0 Å². The summed E-state index contributed by atoms with van der Waals surface area (Å²) in [5.74, 6) is 1.61. The lowest BCUT2D eigenvalue weighted by Crippen LogP contribution is -2.43. The second-order valence-electron chi connectivity index (χ2n) is 10.1. The van der Waals surface area contributed by atoms with Crippen molar-refractivity contribution < 1.29 is 14.6 Å². The van der Waals surface area contributed by atoms with Crippen LogP contribution in [0.15, 0.2) is 66.7 Å². The van der Waals surface area contributed by atoms with Crippen molar-refractivity contribution in [2.24, 2.45) is 0 Å². The molecule has 6 rings (SSSR count). The van der Waals surface area contributed by atoms with Crippen molar-refractivity contribution in [2.45, 2.75) is 43.4 Å². The van der Waals surface area contributed by atoms with Crippen LogP contribution >= 0.6 is 23.2 Å². The largest absolute Gasteiger partial charge is 0.493 e. The Hall–Kier alpha value is -2.70. The van der Waals surface area contributed by atoms with Gasteiger partial charge in [-0.05, 0) is 54.8 Å². The fraction of sp³-hybridized carbons (Fsp3) is 0.333. The van der Waals surface area contributed by atoms with Crippen molar-refractivity contribution in [3.8, 4) is 11.5 Å². The van der Waals surface area contributed by atoms with E-state index in [-0.39, 0.29) is 11.5 Å². The Morgan fingerprint density at radius 3 is 2.73 bits per heavy atom. The number of hydrogen-bond acceptors (Lipinski definition) is 5. The third-order valence-electron chi connectivity index (χ3n) is 7.97. The van der Waals surface area contributed by atoms with E-state index in [1.165, 1.54) is 16.7 Å². The highest BCUT2D eigenvalue weighted by Gasteiger charge is 2.52. The molecule has 0 saturated carbocycles. The molecule has 2 N–H and O–H groups in total. The molecule has 5 nitrogen and oxygen atoms in total. The molecule has 0 amide bonds. The standard InChI is InChI=1S/C30H30Cl2N2O3/c1-36-25-10-9-20-18-34(16-14-30-13-11-21(35)17-26(30)37-29(25)27(20)30)15-12-19-5-2-3-8-24(19)33-28-22(31)6-4-7-23(28)32/h2-11,13,21,26,33,35H,12,14-18H2,1H3/t21-,26-,30-/m0/s1. The molecule has 3 aliphatic rings. The number of aliphatic hydroxyl groups excluding tert-OH is 1. The minimum atomic E-state index is -0.477. The summed E-state index contributed by atoms with van der Waals surface area (Å²) >= 11 is 12.8. The van der Waals surface area contributed by atoms with Gasteiger partial charge >= 0.3 is 0 Å². The van der Waals surface area contributed by atoms with Crippen LogP contribution in [0.1, 0.15) is 29.5 Å². The second kappa shape index (κ2) is 9.88. The molecular weight excluding hydrogens is 507 g/mol. The predicted molar refractivity (Wildman–Crippen MR) is 149 cm³/mol. The van der Waals surface area contributed by atoms with Gasteiger partial charge in [0.15, 0.2) is 11.5 Å². The normalized spacial score (nSPS) is 24.1. The summed E-state index contributed by atoms with van der Waals surface area (Å²) in [6, 6.07) is 18.0. The third kappa shape index (κ3) is 4.38. The van der Waals surface area contributed by atoms with E-state index in [0.29, 0.717) is 16.5 Å². The SMILES string of the molecule is COc1ccc2c3c1O[C@H]1C[C@@H](O)C=C[C@@]31CCN(CCc1ccccc1Nc1c(Cl)cccc1Cl)C2. The number of anilines is 2. The molecule has 0 radical (unpaired) electrons. The Balaban J connectivity index is 1.26. The van der Waals surface area contributed by atoms with Crippen molar-refractivity contribution in [1.29, 1.82) is 0 Å². The molecule has 0 aromatic heterocycles.